The lowest BCUT2D eigenvalue weighted by atomic mass is 10.00. The number of aliphatic hydroxyl groups is 1. The van der Waals surface area contributed by atoms with E-state index in [2.05, 4.69) is 0 Å². The van der Waals surface area contributed by atoms with Gasteiger partial charge in [-0.05, 0) is 18.8 Å². The Bertz CT molecular complexity index is 149. The normalized spacial score (nSPS) is 25.2. The molecule has 0 aromatic rings. The van der Waals surface area contributed by atoms with Gasteiger partial charge in [-0.15, -0.1) is 0 Å². The first-order valence-electron chi connectivity index (χ1n) is 3.82. The molecule has 1 rings (SSSR count). The number of amides is 1. The van der Waals surface area contributed by atoms with Crippen LogP contribution in [0, 0.1) is 5.92 Å². The SMILES string of the molecule is O=C(O)N1CCC[C@@H](CO)C1. The predicted octanol–water partition coefficient (Wildman–Crippen LogP) is 0.369. The summed E-state index contributed by atoms with van der Waals surface area (Å²) in [6, 6.07) is 0. The Kier molecular flexibility index (Phi) is 2.70. The minimum absolute atomic E-state index is 0.101. The quantitative estimate of drug-likeness (QED) is 0.581. The van der Waals surface area contributed by atoms with Crippen LogP contribution in [-0.2, 0) is 0 Å². The Morgan fingerprint density at radius 3 is 2.91 bits per heavy atom. The van der Waals surface area contributed by atoms with Gasteiger partial charge < -0.3 is 15.1 Å². The van der Waals surface area contributed by atoms with E-state index >= 15 is 0 Å². The van der Waals surface area contributed by atoms with Gasteiger partial charge in [-0.1, -0.05) is 0 Å². The Morgan fingerprint density at radius 1 is 1.64 bits per heavy atom. The van der Waals surface area contributed by atoms with Gasteiger partial charge in [0.05, 0.1) is 0 Å². The predicted molar refractivity (Wildman–Crippen MR) is 39.4 cm³/mol. The molecular weight excluding hydrogens is 146 g/mol. The lowest BCUT2D eigenvalue weighted by Crippen LogP contribution is -2.40. The summed E-state index contributed by atoms with van der Waals surface area (Å²) in [5, 5.41) is 17.4. The molecule has 11 heavy (non-hydrogen) atoms. The van der Waals surface area contributed by atoms with Crippen LogP contribution in [0.2, 0.25) is 0 Å². The first-order chi connectivity index (χ1) is 5.24. The smallest absolute Gasteiger partial charge is 0.407 e. The van der Waals surface area contributed by atoms with Gasteiger partial charge in [-0.25, -0.2) is 4.79 Å². The molecule has 4 nitrogen and oxygen atoms in total. The second-order valence-electron chi connectivity index (χ2n) is 2.92. The molecule has 0 unspecified atom stereocenters. The van der Waals surface area contributed by atoms with Crippen molar-refractivity contribution in [3.8, 4) is 0 Å². The molecule has 1 fully saturated rings. The molecule has 4 heteroatoms. The average Bonchev–Trinajstić information content (AvgIpc) is 2.05. The molecule has 1 aliphatic rings. The zero-order valence-corrected chi connectivity index (χ0v) is 6.36. The maximum atomic E-state index is 10.5. The van der Waals surface area contributed by atoms with E-state index in [1.807, 2.05) is 0 Å². The number of hydrogen-bond donors (Lipinski definition) is 2. The molecule has 0 saturated carbocycles. The van der Waals surface area contributed by atoms with E-state index in [-0.39, 0.29) is 12.5 Å². The van der Waals surface area contributed by atoms with Gasteiger partial charge in [0.1, 0.15) is 0 Å². The summed E-state index contributed by atoms with van der Waals surface area (Å²) in [4.78, 5) is 11.8. The first-order valence-corrected chi connectivity index (χ1v) is 3.82. The Labute approximate surface area is 65.4 Å². The van der Waals surface area contributed by atoms with Crippen LogP contribution in [-0.4, -0.2) is 40.9 Å². The molecular formula is C7H13NO3. The fourth-order valence-corrected chi connectivity index (χ4v) is 1.39. The molecule has 0 aromatic heterocycles. The maximum absolute atomic E-state index is 10.5. The fourth-order valence-electron chi connectivity index (χ4n) is 1.39. The van der Waals surface area contributed by atoms with E-state index in [1.54, 1.807) is 0 Å². The van der Waals surface area contributed by atoms with Crippen LogP contribution in [0.4, 0.5) is 4.79 Å². The number of carboxylic acid groups (broad SMARTS) is 1. The number of nitrogens with zero attached hydrogens (tertiary/aromatic N) is 1. The van der Waals surface area contributed by atoms with E-state index in [0.717, 1.165) is 12.8 Å². The molecule has 0 aromatic carbocycles. The number of rotatable bonds is 1. The van der Waals surface area contributed by atoms with Crippen LogP contribution in [0.1, 0.15) is 12.8 Å². The fraction of sp³-hybridized carbons (Fsp3) is 0.857. The third-order valence-corrected chi connectivity index (χ3v) is 2.05. The molecule has 1 atom stereocenters. The lowest BCUT2D eigenvalue weighted by molar-refractivity contribution is 0.100. The number of aliphatic hydroxyl groups excluding tert-OH is 1. The third-order valence-electron chi connectivity index (χ3n) is 2.05. The van der Waals surface area contributed by atoms with Crippen molar-refractivity contribution in [2.24, 2.45) is 5.92 Å². The minimum Gasteiger partial charge on any atom is -0.465 e. The van der Waals surface area contributed by atoms with Crippen LogP contribution in [0.15, 0.2) is 0 Å². The van der Waals surface area contributed by atoms with E-state index in [4.69, 9.17) is 10.2 Å². The highest BCUT2D eigenvalue weighted by Crippen LogP contribution is 2.15. The standard InChI is InChI=1S/C7H13NO3/c9-5-6-2-1-3-8(4-6)7(10)11/h6,9H,1-5H2,(H,10,11)/t6-/m1/s1. The molecule has 1 amide bonds. The van der Waals surface area contributed by atoms with E-state index in [1.165, 1.54) is 4.90 Å². The summed E-state index contributed by atoms with van der Waals surface area (Å²) in [6.45, 7) is 1.21. The van der Waals surface area contributed by atoms with E-state index in [0.29, 0.717) is 13.1 Å². The van der Waals surface area contributed by atoms with Crippen LogP contribution >= 0.6 is 0 Å². The molecule has 0 radical (unpaired) electrons. The zero-order chi connectivity index (χ0) is 8.27. The van der Waals surface area contributed by atoms with Crippen molar-refractivity contribution in [3.63, 3.8) is 0 Å². The van der Waals surface area contributed by atoms with Gasteiger partial charge in [0.25, 0.3) is 0 Å². The summed E-state index contributed by atoms with van der Waals surface area (Å²) >= 11 is 0. The van der Waals surface area contributed by atoms with Gasteiger partial charge in [0.2, 0.25) is 0 Å². The molecule has 1 heterocycles. The summed E-state index contributed by atoms with van der Waals surface area (Å²) in [5.74, 6) is 0.153. The monoisotopic (exact) mass is 159 g/mol. The molecule has 2 N–H and O–H groups in total. The topological polar surface area (TPSA) is 60.8 Å². The highest BCUT2D eigenvalue weighted by atomic mass is 16.4. The molecule has 0 aliphatic carbocycles. The van der Waals surface area contributed by atoms with E-state index < -0.39 is 6.09 Å². The number of carbonyl (C=O) groups is 1. The lowest BCUT2D eigenvalue weighted by Gasteiger charge is -2.29. The number of piperidine rings is 1. The Hall–Kier alpha value is -0.770. The van der Waals surface area contributed by atoms with Gasteiger partial charge in [-0.3, -0.25) is 0 Å². The van der Waals surface area contributed by atoms with Crippen LogP contribution in [0.3, 0.4) is 0 Å². The second kappa shape index (κ2) is 3.57. The third kappa shape index (κ3) is 2.08. The number of likely N-dealkylation sites (tertiary alicyclic amines) is 1. The van der Waals surface area contributed by atoms with Crippen molar-refractivity contribution < 1.29 is 15.0 Å². The van der Waals surface area contributed by atoms with Crippen LogP contribution < -0.4 is 0 Å². The van der Waals surface area contributed by atoms with Crippen molar-refractivity contribution in [3.05, 3.63) is 0 Å². The molecule has 0 spiro atoms. The van der Waals surface area contributed by atoms with Gasteiger partial charge in [0, 0.05) is 19.7 Å². The molecule has 0 bridgehead atoms. The van der Waals surface area contributed by atoms with Crippen molar-refractivity contribution >= 4 is 6.09 Å². The van der Waals surface area contributed by atoms with Crippen molar-refractivity contribution in [1.29, 1.82) is 0 Å². The minimum atomic E-state index is -0.872. The molecule has 64 valence electrons. The summed E-state index contributed by atoms with van der Waals surface area (Å²) in [5.41, 5.74) is 0. The summed E-state index contributed by atoms with van der Waals surface area (Å²) in [6.07, 6.45) is 0.945. The molecule has 1 aliphatic heterocycles. The van der Waals surface area contributed by atoms with Gasteiger partial charge >= 0.3 is 6.09 Å². The van der Waals surface area contributed by atoms with E-state index in [9.17, 15) is 4.79 Å². The zero-order valence-electron chi connectivity index (χ0n) is 6.36. The van der Waals surface area contributed by atoms with Crippen molar-refractivity contribution in [2.75, 3.05) is 19.7 Å². The highest BCUT2D eigenvalue weighted by Gasteiger charge is 2.21. The average molecular weight is 159 g/mol. The summed E-state index contributed by atoms with van der Waals surface area (Å²) < 4.78 is 0. The van der Waals surface area contributed by atoms with Crippen molar-refractivity contribution in [2.45, 2.75) is 12.8 Å². The molecule has 1 saturated heterocycles. The number of hydrogen-bond acceptors (Lipinski definition) is 2. The van der Waals surface area contributed by atoms with Crippen molar-refractivity contribution in [1.82, 2.24) is 4.90 Å². The Balaban J connectivity index is 2.39. The van der Waals surface area contributed by atoms with Gasteiger partial charge in [-0.2, -0.15) is 0 Å². The first kappa shape index (κ1) is 8.33. The van der Waals surface area contributed by atoms with Gasteiger partial charge in [0.15, 0.2) is 0 Å². The van der Waals surface area contributed by atoms with Crippen LogP contribution in [0.25, 0.3) is 0 Å². The largest absolute Gasteiger partial charge is 0.465 e. The second-order valence-corrected chi connectivity index (χ2v) is 2.92. The highest BCUT2D eigenvalue weighted by molar-refractivity contribution is 5.65. The maximum Gasteiger partial charge on any atom is 0.407 e. The Morgan fingerprint density at radius 2 is 2.36 bits per heavy atom. The summed E-state index contributed by atoms with van der Waals surface area (Å²) in [7, 11) is 0. The van der Waals surface area contributed by atoms with Crippen LogP contribution in [0.5, 0.6) is 0 Å².